The fraction of sp³-hybridized carbons (Fsp3) is 0.909. The Morgan fingerprint density at radius 1 is 1.47 bits per heavy atom. The van der Waals surface area contributed by atoms with E-state index in [1.807, 2.05) is 0 Å². The second kappa shape index (κ2) is 6.53. The van der Waals surface area contributed by atoms with Gasteiger partial charge >= 0.3 is 5.97 Å². The van der Waals surface area contributed by atoms with Crippen molar-refractivity contribution >= 4 is 13.3 Å². The molecule has 3 N–H and O–H groups in total. The Labute approximate surface area is 102 Å². The van der Waals surface area contributed by atoms with Gasteiger partial charge < -0.3 is 15.4 Å². The van der Waals surface area contributed by atoms with Gasteiger partial charge in [0.05, 0.1) is 0 Å². The van der Waals surface area contributed by atoms with Crippen LogP contribution in [0.15, 0.2) is 0 Å². The Morgan fingerprint density at radius 2 is 2.06 bits per heavy atom. The molecule has 0 amide bonds. The molecule has 0 saturated heterocycles. The molecule has 0 aromatic rings. The van der Waals surface area contributed by atoms with Crippen molar-refractivity contribution in [3.8, 4) is 0 Å². The summed E-state index contributed by atoms with van der Waals surface area (Å²) in [6.45, 7) is 1.27. The monoisotopic (exact) mass is 263 g/mol. The Morgan fingerprint density at radius 3 is 2.59 bits per heavy atom. The Kier molecular flexibility index (Phi) is 5.63. The molecule has 5 nitrogen and oxygen atoms in total. The third kappa shape index (κ3) is 6.20. The van der Waals surface area contributed by atoms with Gasteiger partial charge in [-0.05, 0) is 32.1 Å². The normalized spacial score (nSPS) is 22.8. The maximum Gasteiger partial charge on any atom is 0.323 e. The summed E-state index contributed by atoms with van der Waals surface area (Å²) in [6, 6.07) is -0.780. The van der Waals surface area contributed by atoms with E-state index in [1.54, 1.807) is 0 Å². The maximum atomic E-state index is 11.6. The van der Waals surface area contributed by atoms with Gasteiger partial charge in [-0.15, -0.1) is 0 Å². The van der Waals surface area contributed by atoms with Crippen molar-refractivity contribution in [2.45, 2.75) is 50.7 Å². The van der Waals surface area contributed by atoms with E-state index in [9.17, 15) is 9.36 Å². The lowest BCUT2D eigenvalue weighted by molar-refractivity contribution is -0.152. The largest absolute Gasteiger partial charge is 0.461 e. The van der Waals surface area contributed by atoms with Gasteiger partial charge in [0, 0.05) is 12.8 Å². The quantitative estimate of drug-likeness (QED) is 0.579. The van der Waals surface area contributed by atoms with Crippen molar-refractivity contribution in [3.63, 3.8) is 0 Å². The van der Waals surface area contributed by atoms with Crippen LogP contribution in [0.2, 0.25) is 0 Å². The molecule has 0 bridgehead atoms. The van der Waals surface area contributed by atoms with E-state index in [2.05, 4.69) is 0 Å². The van der Waals surface area contributed by atoms with Crippen molar-refractivity contribution in [3.05, 3.63) is 0 Å². The van der Waals surface area contributed by atoms with Crippen molar-refractivity contribution in [1.82, 2.24) is 0 Å². The standard InChI is InChI=1S/C11H22NO4P/c1-17(14,15)8-7-10(12)11(13)16-9-5-3-2-4-6-9/h9-10H,2-8,12H2,1H3,(H,14,15). The first-order chi connectivity index (χ1) is 7.88. The van der Waals surface area contributed by atoms with Crippen LogP contribution in [0.25, 0.3) is 0 Å². The molecule has 100 valence electrons. The molecule has 2 atom stereocenters. The molecule has 1 rings (SSSR count). The third-order valence-electron chi connectivity index (χ3n) is 2.99. The van der Waals surface area contributed by atoms with Gasteiger partial charge in [-0.25, -0.2) is 0 Å². The van der Waals surface area contributed by atoms with E-state index in [0.717, 1.165) is 25.7 Å². The molecular formula is C11H22NO4P. The molecule has 0 aliphatic heterocycles. The average Bonchev–Trinajstić information content (AvgIpc) is 2.26. The van der Waals surface area contributed by atoms with Crippen LogP contribution in [0, 0.1) is 0 Å². The lowest BCUT2D eigenvalue weighted by Crippen LogP contribution is -2.36. The molecular weight excluding hydrogens is 241 g/mol. The Bertz CT molecular complexity index is 296. The van der Waals surface area contributed by atoms with Crippen LogP contribution in [-0.4, -0.2) is 35.8 Å². The molecule has 1 saturated carbocycles. The summed E-state index contributed by atoms with van der Waals surface area (Å²) < 4.78 is 16.4. The molecule has 0 aromatic heterocycles. The van der Waals surface area contributed by atoms with E-state index >= 15 is 0 Å². The second-order valence-corrected chi connectivity index (χ2v) is 7.42. The zero-order chi connectivity index (χ0) is 12.9. The van der Waals surface area contributed by atoms with Crippen molar-refractivity contribution in [1.29, 1.82) is 0 Å². The summed E-state index contributed by atoms with van der Waals surface area (Å²) in [5.74, 6) is -0.439. The van der Waals surface area contributed by atoms with E-state index < -0.39 is 19.4 Å². The molecule has 1 aliphatic rings. The molecule has 0 heterocycles. The minimum Gasteiger partial charge on any atom is -0.461 e. The average molecular weight is 263 g/mol. The van der Waals surface area contributed by atoms with Crippen LogP contribution in [-0.2, 0) is 14.1 Å². The molecule has 1 fully saturated rings. The number of ether oxygens (including phenoxy) is 1. The molecule has 0 spiro atoms. The fourth-order valence-corrected chi connectivity index (χ4v) is 2.69. The highest BCUT2D eigenvalue weighted by Crippen LogP contribution is 2.35. The van der Waals surface area contributed by atoms with Crippen LogP contribution in [0.1, 0.15) is 38.5 Å². The summed E-state index contributed by atoms with van der Waals surface area (Å²) in [5, 5.41) is 0. The Hall–Kier alpha value is -0.380. The van der Waals surface area contributed by atoms with Crippen LogP contribution < -0.4 is 5.73 Å². The van der Waals surface area contributed by atoms with Crippen LogP contribution in [0.4, 0.5) is 0 Å². The summed E-state index contributed by atoms with van der Waals surface area (Å²) in [5.41, 5.74) is 5.63. The first kappa shape index (κ1) is 14.7. The summed E-state index contributed by atoms with van der Waals surface area (Å²) >= 11 is 0. The van der Waals surface area contributed by atoms with Gasteiger partial charge in [-0.3, -0.25) is 9.36 Å². The minimum absolute atomic E-state index is 0.00939. The van der Waals surface area contributed by atoms with Crippen molar-refractivity contribution in [2.24, 2.45) is 5.73 Å². The van der Waals surface area contributed by atoms with E-state index in [4.69, 9.17) is 15.4 Å². The molecule has 17 heavy (non-hydrogen) atoms. The maximum absolute atomic E-state index is 11.6. The van der Waals surface area contributed by atoms with Crippen molar-refractivity contribution < 1.29 is 19.0 Å². The first-order valence-corrected chi connectivity index (χ1v) is 8.43. The number of carbonyl (C=O) groups excluding carboxylic acids is 1. The molecule has 0 aromatic carbocycles. The summed E-state index contributed by atoms with van der Waals surface area (Å²) in [4.78, 5) is 20.7. The number of carbonyl (C=O) groups is 1. The summed E-state index contributed by atoms with van der Waals surface area (Å²) in [7, 11) is -3.09. The summed E-state index contributed by atoms with van der Waals surface area (Å²) in [6.07, 6.45) is 5.45. The number of hydrogen-bond acceptors (Lipinski definition) is 4. The van der Waals surface area contributed by atoms with Crippen molar-refractivity contribution in [2.75, 3.05) is 12.8 Å². The molecule has 1 aliphatic carbocycles. The lowest BCUT2D eigenvalue weighted by atomic mass is 9.98. The molecule has 2 unspecified atom stereocenters. The van der Waals surface area contributed by atoms with Crippen LogP contribution >= 0.6 is 7.37 Å². The van der Waals surface area contributed by atoms with Gasteiger partial charge in [0.15, 0.2) is 7.37 Å². The van der Waals surface area contributed by atoms with Gasteiger partial charge in [0.2, 0.25) is 0 Å². The smallest absolute Gasteiger partial charge is 0.323 e. The molecule has 0 radical (unpaired) electrons. The highest BCUT2D eigenvalue weighted by Gasteiger charge is 2.23. The first-order valence-electron chi connectivity index (χ1n) is 6.14. The zero-order valence-electron chi connectivity index (χ0n) is 10.3. The minimum atomic E-state index is -3.09. The highest BCUT2D eigenvalue weighted by molar-refractivity contribution is 7.57. The number of esters is 1. The van der Waals surface area contributed by atoms with Crippen LogP contribution in [0.5, 0.6) is 0 Å². The number of rotatable bonds is 5. The van der Waals surface area contributed by atoms with Crippen LogP contribution in [0.3, 0.4) is 0 Å². The van der Waals surface area contributed by atoms with Gasteiger partial charge in [0.1, 0.15) is 12.1 Å². The SMILES string of the molecule is CP(=O)(O)CCC(N)C(=O)OC1CCCCC1. The topological polar surface area (TPSA) is 89.6 Å². The van der Waals surface area contributed by atoms with E-state index in [0.29, 0.717) is 0 Å². The van der Waals surface area contributed by atoms with Gasteiger partial charge in [-0.1, -0.05) is 6.42 Å². The predicted octanol–water partition coefficient (Wildman–Crippen LogP) is 1.48. The molecule has 6 heteroatoms. The zero-order valence-corrected chi connectivity index (χ0v) is 11.2. The van der Waals surface area contributed by atoms with Gasteiger partial charge in [0.25, 0.3) is 0 Å². The predicted molar refractivity (Wildman–Crippen MR) is 66.2 cm³/mol. The lowest BCUT2D eigenvalue weighted by Gasteiger charge is -2.23. The third-order valence-corrected chi connectivity index (χ3v) is 4.08. The number of nitrogens with two attached hydrogens (primary N) is 1. The Balaban J connectivity index is 2.28. The number of hydrogen-bond donors (Lipinski definition) is 2. The van der Waals surface area contributed by atoms with E-state index in [-0.39, 0.29) is 18.7 Å². The fourth-order valence-electron chi connectivity index (χ4n) is 1.93. The van der Waals surface area contributed by atoms with Gasteiger partial charge in [-0.2, -0.15) is 0 Å². The van der Waals surface area contributed by atoms with E-state index in [1.165, 1.54) is 13.1 Å². The second-order valence-electron chi connectivity index (χ2n) is 4.87. The highest BCUT2D eigenvalue weighted by atomic mass is 31.2.